The van der Waals surface area contributed by atoms with Crippen molar-refractivity contribution >= 4 is 11.6 Å². The molecule has 0 radical (unpaired) electrons. The van der Waals surface area contributed by atoms with Crippen LogP contribution in [0.1, 0.15) is 17.0 Å². The van der Waals surface area contributed by atoms with Crippen LogP contribution in [0.3, 0.4) is 0 Å². The van der Waals surface area contributed by atoms with Gasteiger partial charge in [0.1, 0.15) is 6.33 Å². The van der Waals surface area contributed by atoms with Crippen molar-refractivity contribution in [2.45, 2.75) is 20.3 Å². The molecule has 0 amide bonds. The minimum atomic E-state index is -0.885. The fraction of sp³-hybridized carbons (Fsp3) is 0.250. The van der Waals surface area contributed by atoms with Crippen molar-refractivity contribution in [3.05, 3.63) is 35.7 Å². The molecular weight excluding hydrogens is 260 g/mol. The van der Waals surface area contributed by atoms with E-state index in [2.05, 4.69) is 20.3 Å². The van der Waals surface area contributed by atoms with Crippen molar-refractivity contribution in [1.29, 1.82) is 0 Å². The van der Waals surface area contributed by atoms with Crippen LogP contribution in [-0.4, -0.2) is 40.4 Å². The normalized spacial score (nSPS) is 11.1. The number of carbonyl (C=O) groups is 1. The zero-order valence-corrected chi connectivity index (χ0v) is 11.0. The molecule has 0 saturated carbocycles. The molecule has 0 fully saturated rings. The Bertz CT molecular complexity index is 803. The second-order valence-corrected chi connectivity index (χ2v) is 4.44. The molecule has 0 unspecified atom stereocenters. The van der Waals surface area contributed by atoms with Crippen LogP contribution in [0.25, 0.3) is 11.5 Å². The van der Waals surface area contributed by atoms with Crippen LogP contribution in [-0.2, 0) is 11.2 Å². The van der Waals surface area contributed by atoms with E-state index in [1.54, 1.807) is 34.7 Å². The summed E-state index contributed by atoms with van der Waals surface area (Å²) < 4.78 is 3.34. The minimum absolute atomic E-state index is 0.0620. The van der Waals surface area contributed by atoms with Gasteiger partial charge in [-0.2, -0.15) is 5.10 Å². The zero-order valence-electron chi connectivity index (χ0n) is 11.0. The largest absolute Gasteiger partial charge is 0.481 e. The highest BCUT2D eigenvalue weighted by atomic mass is 16.4. The van der Waals surface area contributed by atoms with Crippen LogP contribution in [0.15, 0.2) is 18.7 Å². The summed E-state index contributed by atoms with van der Waals surface area (Å²) in [6, 6.07) is 0. The Morgan fingerprint density at radius 3 is 2.95 bits per heavy atom. The second-order valence-electron chi connectivity index (χ2n) is 4.44. The molecule has 0 aromatic carbocycles. The van der Waals surface area contributed by atoms with E-state index in [0.717, 1.165) is 5.69 Å². The van der Waals surface area contributed by atoms with Gasteiger partial charge in [-0.3, -0.25) is 9.20 Å². The summed E-state index contributed by atoms with van der Waals surface area (Å²) >= 11 is 0. The van der Waals surface area contributed by atoms with E-state index < -0.39 is 5.97 Å². The number of nitrogens with zero attached hydrogens (tertiary/aromatic N) is 6. The van der Waals surface area contributed by atoms with Gasteiger partial charge in [0, 0.05) is 23.7 Å². The van der Waals surface area contributed by atoms with E-state index in [1.165, 1.54) is 0 Å². The van der Waals surface area contributed by atoms with Gasteiger partial charge in [0.2, 0.25) is 5.65 Å². The molecule has 0 aliphatic rings. The Morgan fingerprint density at radius 1 is 1.40 bits per heavy atom. The molecule has 0 bridgehead atoms. The first-order valence-corrected chi connectivity index (χ1v) is 5.99. The highest BCUT2D eigenvalue weighted by molar-refractivity contribution is 5.71. The van der Waals surface area contributed by atoms with Crippen LogP contribution >= 0.6 is 0 Å². The fourth-order valence-electron chi connectivity index (χ4n) is 2.18. The van der Waals surface area contributed by atoms with Crippen LogP contribution < -0.4 is 0 Å². The monoisotopic (exact) mass is 272 g/mol. The lowest BCUT2D eigenvalue weighted by atomic mass is 10.1. The average Bonchev–Trinajstić information content (AvgIpc) is 2.98. The highest BCUT2D eigenvalue weighted by Crippen LogP contribution is 2.19. The lowest BCUT2D eigenvalue weighted by Crippen LogP contribution is -2.06. The second kappa shape index (κ2) is 4.41. The molecule has 8 heteroatoms. The number of aryl methyl sites for hydroxylation is 1. The van der Waals surface area contributed by atoms with Crippen molar-refractivity contribution in [2.75, 3.05) is 0 Å². The molecule has 0 aliphatic heterocycles. The summed E-state index contributed by atoms with van der Waals surface area (Å²) in [5.74, 6) is -0.355. The van der Waals surface area contributed by atoms with E-state index in [9.17, 15) is 4.79 Å². The smallest absolute Gasteiger partial charge is 0.307 e. The van der Waals surface area contributed by atoms with Gasteiger partial charge in [-0.25, -0.2) is 9.67 Å². The molecule has 0 saturated heterocycles. The topological polar surface area (TPSA) is 98.2 Å². The Labute approximate surface area is 113 Å². The maximum Gasteiger partial charge on any atom is 0.307 e. The van der Waals surface area contributed by atoms with Gasteiger partial charge < -0.3 is 5.11 Å². The average molecular weight is 272 g/mol. The molecule has 3 aromatic rings. The standard InChI is InChI=1S/C12H12N6O2/c1-7-9(5-10(19)20)8(2)18(16-7)11-12-15-14-6-17(12)4-3-13-11/h3-4,6H,5H2,1-2H3,(H,19,20). The fourth-order valence-corrected chi connectivity index (χ4v) is 2.18. The molecule has 102 valence electrons. The molecule has 3 rings (SSSR count). The molecule has 3 aromatic heterocycles. The number of aliphatic carboxylic acids is 1. The summed E-state index contributed by atoms with van der Waals surface area (Å²) in [6.45, 7) is 3.60. The van der Waals surface area contributed by atoms with Gasteiger partial charge in [-0.1, -0.05) is 0 Å². The SMILES string of the molecule is Cc1nn(-c2nccn3cnnc23)c(C)c1CC(=O)O. The van der Waals surface area contributed by atoms with Gasteiger partial charge in [0.25, 0.3) is 0 Å². The third-order valence-electron chi connectivity index (χ3n) is 3.17. The first-order chi connectivity index (χ1) is 9.58. The van der Waals surface area contributed by atoms with Crippen LogP contribution in [0, 0.1) is 13.8 Å². The lowest BCUT2D eigenvalue weighted by molar-refractivity contribution is -0.136. The summed E-state index contributed by atoms with van der Waals surface area (Å²) in [5, 5.41) is 21.2. The van der Waals surface area contributed by atoms with Gasteiger partial charge in [0.15, 0.2) is 5.82 Å². The third kappa shape index (κ3) is 1.81. The van der Waals surface area contributed by atoms with Crippen molar-refractivity contribution in [2.24, 2.45) is 0 Å². The highest BCUT2D eigenvalue weighted by Gasteiger charge is 2.18. The summed E-state index contributed by atoms with van der Waals surface area (Å²) in [5.41, 5.74) is 2.68. The van der Waals surface area contributed by atoms with Gasteiger partial charge in [-0.05, 0) is 13.8 Å². The summed E-state index contributed by atoms with van der Waals surface area (Å²) in [6.07, 6.45) is 4.87. The minimum Gasteiger partial charge on any atom is -0.481 e. The van der Waals surface area contributed by atoms with E-state index >= 15 is 0 Å². The molecule has 0 aliphatic carbocycles. The van der Waals surface area contributed by atoms with E-state index in [1.807, 2.05) is 6.92 Å². The maximum absolute atomic E-state index is 10.9. The Morgan fingerprint density at radius 2 is 2.20 bits per heavy atom. The van der Waals surface area contributed by atoms with Crippen LogP contribution in [0.4, 0.5) is 0 Å². The number of hydrogen-bond donors (Lipinski definition) is 1. The van der Waals surface area contributed by atoms with Crippen molar-refractivity contribution in [3.8, 4) is 5.82 Å². The quantitative estimate of drug-likeness (QED) is 0.747. The van der Waals surface area contributed by atoms with Crippen LogP contribution in [0.2, 0.25) is 0 Å². The van der Waals surface area contributed by atoms with Gasteiger partial charge in [-0.15, -0.1) is 10.2 Å². The van der Waals surface area contributed by atoms with Crippen LogP contribution in [0.5, 0.6) is 0 Å². The summed E-state index contributed by atoms with van der Waals surface area (Å²) in [7, 11) is 0. The number of carboxylic acids is 1. The Kier molecular flexibility index (Phi) is 2.70. The first kappa shape index (κ1) is 12.3. The Hall–Kier alpha value is -2.77. The number of aromatic nitrogens is 6. The maximum atomic E-state index is 10.9. The molecule has 3 heterocycles. The lowest BCUT2D eigenvalue weighted by Gasteiger charge is -2.04. The predicted octanol–water partition coefficient (Wildman–Crippen LogP) is 0.554. The van der Waals surface area contributed by atoms with Gasteiger partial charge in [0.05, 0.1) is 12.1 Å². The van der Waals surface area contributed by atoms with Gasteiger partial charge >= 0.3 is 5.97 Å². The van der Waals surface area contributed by atoms with E-state index in [4.69, 9.17) is 5.11 Å². The van der Waals surface area contributed by atoms with Crippen molar-refractivity contribution in [1.82, 2.24) is 29.4 Å². The van der Waals surface area contributed by atoms with Crippen molar-refractivity contribution in [3.63, 3.8) is 0 Å². The zero-order chi connectivity index (χ0) is 14.3. The molecule has 8 nitrogen and oxygen atoms in total. The molecule has 0 atom stereocenters. The molecule has 0 spiro atoms. The number of hydrogen-bond acceptors (Lipinski definition) is 5. The number of rotatable bonds is 3. The summed E-state index contributed by atoms with van der Waals surface area (Å²) in [4.78, 5) is 15.2. The molecular formula is C12H12N6O2. The molecule has 20 heavy (non-hydrogen) atoms. The number of fused-ring (bicyclic) bond motifs is 1. The molecule has 1 N–H and O–H groups in total. The predicted molar refractivity (Wildman–Crippen MR) is 68.7 cm³/mol. The van der Waals surface area contributed by atoms with Crippen molar-refractivity contribution < 1.29 is 9.90 Å². The third-order valence-corrected chi connectivity index (χ3v) is 3.17. The number of carboxylic acid groups (broad SMARTS) is 1. The first-order valence-electron chi connectivity index (χ1n) is 5.99. The van der Waals surface area contributed by atoms with E-state index in [0.29, 0.717) is 22.7 Å². The Balaban J connectivity index is 2.20. The van der Waals surface area contributed by atoms with E-state index in [-0.39, 0.29) is 6.42 Å².